The Hall–Kier alpha value is -1.06. The highest BCUT2D eigenvalue weighted by Crippen LogP contribution is 2.27. The van der Waals surface area contributed by atoms with Crippen molar-refractivity contribution in [3.63, 3.8) is 0 Å². The summed E-state index contributed by atoms with van der Waals surface area (Å²) in [6, 6.07) is 6.55. The van der Waals surface area contributed by atoms with Crippen molar-refractivity contribution in [2.24, 2.45) is 0 Å². The van der Waals surface area contributed by atoms with Crippen LogP contribution in [0.4, 0.5) is 0 Å². The lowest BCUT2D eigenvalue weighted by Crippen LogP contribution is -2.88. The minimum absolute atomic E-state index is 0.202. The summed E-state index contributed by atoms with van der Waals surface area (Å²) in [5.41, 5.74) is 6.64. The predicted molar refractivity (Wildman–Crippen MR) is 84.0 cm³/mol. The van der Waals surface area contributed by atoms with Crippen LogP contribution in [0.25, 0.3) is 0 Å². The zero-order valence-corrected chi connectivity index (χ0v) is 13.7. The maximum absolute atomic E-state index is 5.88. The van der Waals surface area contributed by atoms with E-state index in [1.807, 2.05) is 0 Å². The van der Waals surface area contributed by atoms with Gasteiger partial charge in [-0.2, -0.15) is 0 Å². The van der Waals surface area contributed by atoms with Crippen LogP contribution in [0.3, 0.4) is 0 Å². The van der Waals surface area contributed by atoms with Crippen molar-refractivity contribution < 1.29 is 15.8 Å². The second-order valence-electron chi connectivity index (χ2n) is 6.51. The lowest BCUT2D eigenvalue weighted by atomic mass is 9.86. The van der Waals surface area contributed by atoms with Crippen LogP contribution in [0, 0.1) is 6.92 Å². The summed E-state index contributed by atoms with van der Waals surface area (Å²) in [6.07, 6.45) is 2.33. The van der Waals surface area contributed by atoms with E-state index in [1.165, 1.54) is 24.1 Å². The van der Waals surface area contributed by atoms with Crippen molar-refractivity contribution in [1.82, 2.24) is 0 Å². The largest absolute Gasteiger partial charge is 0.493 e. The number of quaternary nitrogens is 2. The molecule has 0 amide bonds. The second-order valence-corrected chi connectivity index (χ2v) is 6.51. The van der Waals surface area contributed by atoms with Gasteiger partial charge in [0.15, 0.2) is 0 Å². The van der Waals surface area contributed by atoms with E-state index in [2.05, 4.69) is 56.9 Å². The Labute approximate surface area is 123 Å². The van der Waals surface area contributed by atoms with Gasteiger partial charge < -0.3 is 15.8 Å². The highest BCUT2D eigenvalue weighted by molar-refractivity contribution is 5.38. The van der Waals surface area contributed by atoms with Gasteiger partial charge in [-0.3, -0.25) is 0 Å². The molecule has 0 unspecified atom stereocenters. The molecule has 0 saturated carbocycles. The average molecular weight is 280 g/mol. The number of rotatable bonds is 8. The molecular weight excluding hydrogens is 248 g/mol. The van der Waals surface area contributed by atoms with Gasteiger partial charge in [-0.25, -0.2) is 0 Å². The first-order valence-corrected chi connectivity index (χ1v) is 7.80. The molecule has 0 radical (unpaired) electrons. The van der Waals surface area contributed by atoms with Crippen LogP contribution in [0.5, 0.6) is 5.75 Å². The fourth-order valence-corrected chi connectivity index (χ4v) is 2.14. The van der Waals surface area contributed by atoms with Gasteiger partial charge in [0.25, 0.3) is 0 Å². The van der Waals surface area contributed by atoms with Gasteiger partial charge in [0.2, 0.25) is 0 Å². The van der Waals surface area contributed by atoms with Gasteiger partial charge in [-0.05, 0) is 42.4 Å². The molecule has 0 aliphatic carbocycles. The van der Waals surface area contributed by atoms with Crippen LogP contribution < -0.4 is 15.8 Å². The van der Waals surface area contributed by atoms with E-state index in [1.54, 1.807) is 0 Å². The van der Waals surface area contributed by atoms with Crippen molar-refractivity contribution in [3.8, 4) is 5.75 Å². The van der Waals surface area contributed by atoms with Crippen LogP contribution in [-0.4, -0.2) is 26.2 Å². The van der Waals surface area contributed by atoms with Crippen molar-refractivity contribution in [1.29, 1.82) is 0 Å². The number of hydrogen-bond donors (Lipinski definition) is 2. The lowest BCUT2D eigenvalue weighted by Gasteiger charge is -2.20. The Kier molecular flexibility index (Phi) is 7.03. The zero-order valence-electron chi connectivity index (χ0n) is 13.7. The van der Waals surface area contributed by atoms with Gasteiger partial charge in [0.1, 0.15) is 18.8 Å². The summed E-state index contributed by atoms with van der Waals surface area (Å²) < 4.78 is 5.88. The number of hydrogen-bond acceptors (Lipinski definition) is 1. The third-order valence-corrected chi connectivity index (χ3v) is 3.51. The van der Waals surface area contributed by atoms with E-state index in [9.17, 15) is 0 Å². The number of aryl methyl sites for hydroxylation is 1. The molecular formula is C17H32N2O+2. The van der Waals surface area contributed by atoms with E-state index in [-0.39, 0.29) is 5.41 Å². The summed E-state index contributed by atoms with van der Waals surface area (Å²) in [5.74, 6) is 1.03. The van der Waals surface area contributed by atoms with Gasteiger partial charge in [0, 0.05) is 0 Å². The molecule has 0 fully saturated rings. The van der Waals surface area contributed by atoms with Crippen LogP contribution >= 0.6 is 0 Å². The van der Waals surface area contributed by atoms with Gasteiger partial charge in [-0.1, -0.05) is 32.9 Å². The lowest BCUT2D eigenvalue weighted by molar-refractivity contribution is -0.670. The molecule has 0 bridgehead atoms. The Morgan fingerprint density at radius 3 is 2.50 bits per heavy atom. The summed E-state index contributed by atoms with van der Waals surface area (Å²) in [7, 11) is 0. The predicted octanol–water partition coefficient (Wildman–Crippen LogP) is 1.26. The molecule has 1 rings (SSSR count). The normalized spacial score (nSPS) is 11.7. The Balaban J connectivity index is 2.34. The summed E-state index contributed by atoms with van der Waals surface area (Å²) in [6.45, 7) is 13.0. The Bertz CT molecular complexity index is 396. The first-order chi connectivity index (χ1) is 9.45. The monoisotopic (exact) mass is 280 g/mol. The molecule has 0 atom stereocenters. The van der Waals surface area contributed by atoms with Crippen LogP contribution in [0.15, 0.2) is 18.2 Å². The number of benzene rings is 1. The molecule has 3 nitrogen and oxygen atoms in total. The average Bonchev–Trinajstić information content (AvgIpc) is 2.38. The van der Waals surface area contributed by atoms with Crippen LogP contribution in [0.2, 0.25) is 0 Å². The smallest absolute Gasteiger partial charge is 0.125 e. The molecule has 0 heterocycles. The quantitative estimate of drug-likeness (QED) is 0.692. The summed E-state index contributed by atoms with van der Waals surface area (Å²) in [4.78, 5) is 0. The highest BCUT2D eigenvalue weighted by atomic mass is 16.5. The van der Waals surface area contributed by atoms with Crippen molar-refractivity contribution in [3.05, 3.63) is 29.3 Å². The van der Waals surface area contributed by atoms with E-state index in [0.29, 0.717) is 0 Å². The van der Waals surface area contributed by atoms with Gasteiger partial charge in [-0.15, -0.1) is 0 Å². The third-order valence-electron chi connectivity index (χ3n) is 3.51. The topological polar surface area (TPSA) is 53.5 Å². The Morgan fingerprint density at radius 1 is 1.15 bits per heavy atom. The molecule has 1 aromatic rings. The highest BCUT2D eigenvalue weighted by Gasteiger charge is 2.14. The minimum Gasteiger partial charge on any atom is -0.493 e. The molecule has 0 aliphatic heterocycles. The first kappa shape index (κ1) is 17.0. The van der Waals surface area contributed by atoms with Crippen molar-refractivity contribution in [2.75, 3.05) is 26.2 Å². The number of unbranched alkanes of at least 4 members (excludes halogenated alkanes) is 1. The molecule has 0 spiro atoms. The SMILES string of the molecule is Cc1cc(C(C)(C)C)ccc1OCCCC[NH2+]CC[NH3+]. The standard InChI is InChI=1S/C17H30N2O/c1-14-13-15(17(2,3)4)7-8-16(14)20-12-6-5-10-19-11-9-18/h7-8,13,19H,5-6,9-12,18H2,1-4H3/p+2. The van der Waals surface area contributed by atoms with E-state index >= 15 is 0 Å². The van der Waals surface area contributed by atoms with Gasteiger partial charge >= 0.3 is 0 Å². The fourth-order valence-electron chi connectivity index (χ4n) is 2.14. The van der Waals surface area contributed by atoms with Gasteiger partial charge in [0.05, 0.1) is 13.2 Å². The van der Waals surface area contributed by atoms with Crippen molar-refractivity contribution >= 4 is 0 Å². The van der Waals surface area contributed by atoms with E-state index in [0.717, 1.165) is 31.9 Å². The van der Waals surface area contributed by atoms with E-state index < -0.39 is 0 Å². The van der Waals surface area contributed by atoms with Crippen molar-refractivity contribution in [2.45, 2.75) is 46.0 Å². The molecule has 114 valence electrons. The first-order valence-electron chi connectivity index (χ1n) is 7.80. The fraction of sp³-hybridized carbons (Fsp3) is 0.647. The molecule has 0 aromatic heterocycles. The van der Waals surface area contributed by atoms with E-state index in [4.69, 9.17) is 4.74 Å². The molecule has 20 heavy (non-hydrogen) atoms. The van der Waals surface area contributed by atoms with Crippen LogP contribution in [-0.2, 0) is 5.41 Å². The third kappa shape index (κ3) is 5.93. The number of ether oxygens (including phenoxy) is 1. The zero-order chi connectivity index (χ0) is 15.0. The Morgan fingerprint density at radius 2 is 1.90 bits per heavy atom. The molecule has 0 aliphatic rings. The molecule has 3 heteroatoms. The maximum atomic E-state index is 5.88. The molecule has 0 saturated heterocycles. The number of nitrogens with two attached hydrogens (primary N) is 1. The molecule has 1 aromatic carbocycles. The molecule has 5 N–H and O–H groups in total. The minimum atomic E-state index is 0.202. The summed E-state index contributed by atoms with van der Waals surface area (Å²) in [5, 5.41) is 2.33. The summed E-state index contributed by atoms with van der Waals surface area (Å²) >= 11 is 0. The van der Waals surface area contributed by atoms with Crippen LogP contribution in [0.1, 0.15) is 44.7 Å². The maximum Gasteiger partial charge on any atom is 0.125 e. The second kappa shape index (κ2) is 8.28.